The molecular weight excluding hydrogens is 922 g/mol. The zero-order valence-corrected chi connectivity index (χ0v) is 36.6. The van der Waals surface area contributed by atoms with E-state index in [1.54, 1.807) is 30.3 Å². The van der Waals surface area contributed by atoms with Gasteiger partial charge in [-0.1, -0.05) is 18.2 Å². The van der Waals surface area contributed by atoms with Crippen molar-refractivity contribution in [2.24, 2.45) is 0 Å². The van der Waals surface area contributed by atoms with Crippen molar-refractivity contribution in [1.82, 2.24) is 39.4 Å². The fraction of sp³-hybridized carbons (Fsp3) is 0.389. The predicted molar refractivity (Wildman–Crippen MR) is 224 cm³/mol. The number of allylic oxidation sites excluding steroid dienone is 1. The maximum atomic E-state index is 14.2. The van der Waals surface area contributed by atoms with Gasteiger partial charge in [-0.15, -0.1) is 18.3 Å². The number of aliphatic hydroxyl groups excluding tert-OH is 1. The van der Waals surface area contributed by atoms with Gasteiger partial charge in [0.15, 0.2) is 35.3 Å². The van der Waals surface area contributed by atoms with Gasteiger partial charge in [0.1, 0.15) is 48.3 Å². The topological polar surface area (TPSA) is 373 Å². The van der Waals surface area contributed by atoms with Crippen molar-refractivity contribution in [1.29, 1.82) is 0 Å². The van der Waals surface area contributed by atoms with E-state index in [2.05, 4.69) is 41.3 Å². The Labute approximate surface area is 371 Å². The molecule has 7 rings (SSSR count). The second-order valence-corrected chi connectivity index (χ2v) is 17.8. The van der Waals surface area contributed by atoms with Gasteiger partial charge >= 0.3 is 27.3 Å². The number of oxazole rings is 1. The third kappa shape index (κ3) is 11.3. The number of phosphoric ester groups is 2. The summed E-state index contributed by atoms with van der Waals surface area (Å²) < 4.78 is 66.5. The molecule has 6 heterocycles. The molecule has 65 heavy (non-hydrogen) atoms. The van der Waals surface area contributed by atoms with Crippen LogP contribution in [0.3, 0.4) is 0 Å². The van der Waals surface area contributed by atoms with Gasteiger partial charge in [0.2, 0.25) is 11.8 Å². The molecule has 0 saturated carbocycles. The molecule has 5 aromatic rings. The van der Waals surface area contributed by atoms with Crippen LogP contribution in [0.1, 0.15) is 48.1 Å². The summed E-state index contributed by atoms with van der Waals surface area (Å²) in [6, 6.07) is 8.19. The van der Waals surface area contributed by atoms with E-state index >= 15 is 0 Å². The molecule has 29 heteroatoms. The number of anilines is 2. The normalized spacial score (nSPS) is 23.1. The molecule has 348 valence electrons. The second-order valence-electron chi connectivity index (χ2n) is 14.2. The molecule has 2 saturated heterocycles. The minimum absolute atomic E-state index is 0.000507. The highest BCUT2D eigenvalue weighted by molar-refractivity contribution is 7.98. The van der Waals surface area contributed by atoms with E-state index < -0.39 is 83.5 Å². The molecule has 1 amide bonds. The average molecular weight is 965 g/mol. The molecule has 2 aliphatic rings. The van der Waals surface area contributed by atoms with Crippen molar-refractivity contribution in [3.63, 3.8) is 0 Å². The van der Waals surface area contributed by atoms with E-state index in [4.69, 9.17) is 39.1 Å². The Hall–Kier alpha value is -5.41. The molecule has 0 radical (unpaired) electrons. The second kappa shape index (κ2) is 20.0. The average Bonchev–Trinajstić information content (AvgIpc) is 4.05. The van der Waals surface area contributed by atoms with Gasteiger partial charge in [-0.2, -0.15) is 4.98 Å². The number of nitrogens with one attached hydrogen (secondary N) is 1. The van der Waals surface area contributed by atoms with Crippen LogP contribution in [0.5, 0.6) is 0 Å². The number of carbonyl (C=O) groups excluding carboxylic acids is 2. The maximum Gasteiger partial charge on any atom is 0.472 e. The molecule has 0 aliphatic carbocycles. The standard InChI is InChI=1S/C36H42N10O16P2S/c1-3-4-5-24(47)39-13-25-44-27(30(60-25)18-6-8-19(65-2)9-7-18)35(49)61-31-22(59-34(29(31)48)46-17-42-28-32(38)40-16-41-33(28)46)15-57-64(54,55)62-20-12-26(45-11-10-23(37)43-36(45)50)58-21(20)14-56-63(51,52)53/h3,6-11,16-17,20-22,26,29,31,34,48H,1,4-5,12-15H2,2H3,(H,39,47)(H,54,55)(H2,37,43,50)(H2,38,40,41)(H2,51,52,53)/t20?,21-,22-,26-,29?,31?,34-/m1/s1. The van der Waals surface area contributed by atoms with Gasteiger partial charge in [-0.25, -0.2) is 38.7 Å². The lowest BCUT2D eigenvalue weighted by molar-refractivity contribution is -0.121. The van der Waals surface area contributed by atoms with Crippen molar-refractivity contribution >= 4 is 62.1 Å². The fourth-order valence-electron chi connectivity index (χ4n) is 6.79. The Balaban J connectivity index is 1.15. The van der Waals surface area contributed by atoms with E-state index in [9.17, 15) is 43.3 Å². The third-order valence-electron chi connectivity index (χ3n) is 9.86. The Morgan fingerprint density at radius 1 is 1.03 bits per heavy atom. The number of fused-ring (bicyclic) bond motifs is 1. The summed E-state index contributed by atoms with van der Waals surface area (Å²) >= 11 is 1.47. The highest BCUT2D eigenvalue weighted by Crippen LogP contribution is 2.50. The van der Waals surface area contributed by atoms with Crippen LogP contribution in [0, 0.1) is 0 Å². The number of ether oxygens (including phenoxy) is 3. The van der Waals surface area contributed by atoms with Crippen LogP contribution in [0.15, 0.2) is 75.9 Å². The van der Waals surface area contributed by atoms with Crippen LogP contribution in [-0.4, -0.2) is 116 Å². The summed E-state index contributed by atoms with van der Waals surface area (Å²) in [5.41, 5.74) is 11.0. The van der Waals surface area contributed by atoms with Gasteiger partial charge < -0.3 is 55.2 Å². The highest BCUT2D eigenvalue weighted by atomic mass is 32.2. The molecule has 8 atom stereocenters. The number of rotatable bonds is 19. The first-order valence-electron chi connectivity index (χ1n) is 19.3. The van der Waals surface area contributed by atoms with Gasteiger partial charge in [-0.3, -0.25) is 27.5 Å². The number of imidazole rings is 1. The Kier molecular flexibility index (Phi) is 14.6. The van der Waals surface area contributed by atoms with Crippen molar-refractivity contribution in [2.75, 3.05) is 30.9 Å². The number of nitrogen functional groups attached to an aromatic ring is 2. The largest absolute Gasteiger partial charge is 0.472 e. The zero-order chi connectivity index (χ0) is 46.6. The number of hydrogen-bond acceptors (Lipinski definition) is 21. The number of thioether (sulfide) groups is 1. The number of nitrogens with two attached hydrogens (primary N) is 2. The smallest absolute Gasteiger partial charge is 0.452 e. The summed E-state index contributed by atoms with van der Waals surface area (Å²) in [7, 11) is -10.3. The Morgan fingerprint density at radius 3 is 2.49 bits per heavy atom. The number of phosphoric acid groups is 2. The van der Waals surface area contributed by atoms with Crippen LogP contribution in [0.2, 0.25) is 0 Å². The molecular formula is C36H42N10O16P2S. The lowest BCUT2D eigenvalue weighted by Gasteiger charge is -2.23. The molecule has 4 aromatic heterocycles. The molecule has 0 spiro atoms. The number of aromatic nitrogens is 7. The number of hydrogen-bond donors (Lipinski definition) is 7. The van der Waals surface area contributed by atoms with Crippen molar-refractivity contribution in [3.8, 4) is 11.3 Å². The summed E-state index contributed by atoms with van der Waals surface area (Å²) in [5, 5.41) is 14.5. The summed E-state index contributed by atoms with van der Waals surface area (Å²) in [5.74, 6) is -1.68. The third-order valence-corrected chi connectivity index (χ3v) is 12.1. The molecule has 26 nitrogen and oxygen atoms in total. The Bertz CT molecular complexity index is 2700. The number of carbonyl (C=O) groups is 2. The molecule has 2 fully saturated rings. The maximum absolute atomic E-state index is 14.2. The highest BCUT2D eigenvalue weighted by Gasteiger charge is 2.50. The number of aliphatic hydroxyl groups is 1. The van der Waals surface area contributed by atoms with E-state index in [0.717, 1.165) is 15.8 Å². The lowest BCUT2D eigenvalue weighted by Crippen LogP contribution is -2.38. The number of nitrogens with zero attached hydrogens (tertiary/aromatic N) is 7. The van der Waals surface area contributed by atoms with Crippen LogP contribution in [0.25, 0.3) is 22.5 Å². The predicted octanol–water partition coefficient (Wildman–Crippen LogP) is 1.59. The molecule has 4 unspecified atom stereocenters. The fourth-order valence-corrected chi connectivity index (χ4v) is 8.50. The van der Waals surface area contributed by atoms with Gasteiger partial charge in [-0.05, 0) is 30.9 Å². The summed E-state index contributed by atoms with van der Waals surface area (Å²) in [4.78, 5) is 90.0. The molecule has 9 N–H and O–H groups in total. The number of amides is 1. The van der Waals surface area contributed by atoms with Crippen LogP contribution >= 0.6 is 27.4 Å². The minimum atomic E-state index is -5.25. The van der Waals surface area contributed by atoms with Crippen LogP contribution in [-0.2, 0) is 48.3 Å². The van der Waals surface area contributed by atoms with E-state index in [1.807, 2.05) is 6.26 Å². The van der Waals surface area contributed by atoms with Crippen LogP contribution < -0.4 is 22.5 Å². The zero-order valence-electron chi connectivity index (χ0n) is 34.0. The van der Waals surface area contributed by atoms with Crippen molar-refractivity contribution < 1.29 is 70.7 Å². The summed E-state index contributed by atoms with van der Waals surface area (Å²) in [6.07, 6.45) is -3.36. The van der Waals surface area contributed by atoms with Gasteiger partial charge in [0.05, 0.1) is 26.1 Å². The number of esters is 1. The van der Waals surface area contributed by atoms with Crippen LogP contribution in [0.4, 0.5) is 11.6 Å². The van der Waals surface area contributed by atoms with Gasteiger partial charge in [0.25, 0.3) is 0 Å². The van der Waals surface area contributed by atoms with Crippen molar-refractivity contribution in [3.05, 3.63) is 83.9 Å². The first-order valence-corrected chi connectivity index (χ1v) is 23.5. The van der Waals surface area contributed by atoms with Crippen molar-refractivity contribution in [2.45, 2.75) is 73.7 Å². The first-order chi connectivity index (χ1) is 30.9. The minimum Gasteiger partial charge on any atom is -0.452 e. The van der Waals surface area contributed by atoms with Gasteiger partial charge in [0, 0.05) is 29.5 Å². The molecule has 2 aliphatic heterocycles. The SMILES string of the molecule is C=CCCC(=O)NCc1nc(C(=O)OC2C(O)[C@H](n3cnc4c(N)ncnc43)O[C@@H]2COP(=O)(O)OC2C[C@H](n3ccc(N)nc3=O)O[C@@H]2COP(=O)(O)O)c(-c2ccc(SC)cc2)o1. The van der Waals surface area contributed by atoms with E-state index in [-0.39, 0.29) is 65.4 Å². The van der Waals surface area contributed by atoms with E-state index in [1.165, 1.54) is 34.9 Å². The lowest BCUT2D eigenvalue weighted by atomic mass is 10.1. The quantitative estimate of drug-likeness (QED) is 0.0267. The molecule has 0 bridgehead atoms. The monoisotopic (exact) mass is 964 g/mol. The first kappa shape index (κ1) is 47.5. The molecule has 1 aromatic carbocycles. The summed E-state index contributed by atoms with van der Waals surface area (Å²) in [6.45, 7) is 1.63. The van der Waals surface area contributed by atoms with E-state index in [0.29, 0.717) is 12.0 Å². The number of benzene rings is 1. The Morgan fingerprint density at radius 2 is 1.78 bits per heavy atom.